The highest BCUT2D eigenvalue weighted by atomic mass is 35.6. The van der Waals surface area contributed by atoms with E-state index >= 15 is 0 Å². The molecule has 0 amide bonds. The average molecular weight is 202 g/mol. The second kappa shape index (κ2) is 3.94. The molecule has 6 heteroatoms. The summed E-state index contributed by atoms with van der Waals surface area (Å²) < 4.78 is -1.99. The van der Waals surface area contributed by atoms with Gasteiger partial charge >= 0.3 is 0 Å². The minimum atomic E-state index is -1.99. The van der Waals surface area contributed by atoms with Gasteiger partial charge in [0.05, 0.1) is 0 Å². The van der Waals surface area contributed by atoms with E-state index in [1.165, 1.54) is 0 Å². The molecule has 56 valence electrons. The summed E-state index contributed by atoms with van der Waals surface area (Å²) in [7, 11) is 0. The van der Waals surface area contributed by atoms with Crippen molar-refractivity contribution in [2.45, 2.75) is 3.79 Å². The van der Waals surface area contributed by atoms with Crippen molar-refractivity contribution in [3.63, 3.8) is 0 Å². The van der Waals surface area contributed by atoms with Gasteiger partial charge in [-0.3, -0.25) is 4.79 Å². The van der Waals surface area contributed by atoms with Crippen LogP contribution in [0.3, 0.4) is 0 Å². The van der Waals surface area contributed by atoms with Crippen LogP contribution in [0.2, 0.25) is 0 Å². The Bertz CT molecular complexity index is 179. The Morgan fingerprint density at radius 3 is 2.30 bits per heavy atom. The molecular weight excluding hydrogens is 200 g/mol. The van der Waals surface area contributed by atoms with E-state index < -0.39 is 16.1 Å². The van der Waals surface area contributed by atoms with Crippen molar-refractivity contribution in [3.8, 4) is 0 Å². The van der Waals surface area contributed by atoms with E-state index in [0.717, 1.165) is 6.08 Å². The Labute approximate surface area is 72.0 Å². The quantitative estimate of drug-likeness (QED) is 0.384. The molecule has 0 spiro atoms. The van der Waals surface area contributed by atoms with Gasteiger partial charge in [-0.05, 0) is 0 Å². The third-order valence-electron chi connectivity index (χ3n) is 0.603. The topological polar surface area (TPSA) is 46.5 Å². The second-order valence-corrected chi connectivity index (χ2v) is 3.61. The van der Waals surface area contributed by atoms with Gasteiger partial charge in [-0.1, -0.05) is 34.8 Å². The zero-order valence-electron chi connectivity index (χ0n) is 4.60. The standard InChI is InChI=1S/C4H2Cl3NO2/c5-4(6,7)3(10)1-8-2-9/h1H2. The molecule has 3 nitrogen and oxygen atoms in total. The van der Waals surface area contributed by atoms with Crippen LogP contribution in [-0.4, -0.2) is 22.2 Å². The molecular formula is C4H2Cl3NO2. The zero-order chi connectivity index (χ0) is 8.20. The molecule has 0 bridgehead atoms. The van der Waals surface area contributed by atoms with Crippen LogP contribution < -0.4 is 0 Å². The third kappa shape index (κ3) is 3.85. The van der Waals surface area contributed by atoms with Gasteiger partial charge in [0.25, 0.3) is 3.79 Å². The fourth-order valence-corrected chi connectivity index (χ4v) is 0.373. The maximum absolute atomic E-state index is 10.6. The van der Waals surface area contributed by atoms with Gasteiger partial charge in [0.2, 0.25) is 11.9 Å². The van der Waals surface area contributed by atoms with Crippen LogP contribution in [0.15, 0.2) is 4.99 Å². The minimum Gasteiger partial charge on any atom is -0.293 e. The summed E-state index contributed by atoms with van der Waals surface area (Å²) in [5.74, 6) is -0.749. The normalized spacial score (nSPS) is 10.3. The third-order valence-corrected chi connectivity index (χ3v) is 1.24. The van der Waals surface area contributed by atoms with E-state index in [-0.39, 0.29) is 0 Å². The first-order chi connectivity index (χ1) is 4.48. The highest BCUT2D eigenvalue weighted by Crippen LogP contribution is 2.26. The lowest BCUT2D eigenvalue weighted by Crippen LogP contribution is -2.21. The van der Waals surface area contributed by atoms with E-state index in [2.05, 4.69) is 4.99 Å². The Morgan fingerprint density at radius 2 is 2.00 bits per heavy atom. The summed E-state index contributed by atoms with van der Waals surface area (Å²) in [6, 6.07) is 0. The molecule has 0 aliphatic carbocycles. The van der Waals surface area contributed by atoms with Crippen LogP contribution >= 0.6 is 34.8 Å². The van der Waals surface area contributed by atoms with E-state index in [4.69, 9.17) is 34.8 Å². The highest BCUT2D eigenvalue weighted by Gasteiger charge is 2.29. The number of carbonyl (C=O) groups is 1. The van der Waals surface area contributed by atoms with Crippen LogP contribution in [0.25, 0.3) is 0 Å². The smallest absolute Gasteiger partial charge is 0.250 e. The number of hydrogen-bond acceptors (Lipinski definition) is 3. The van der Waals surface area contributed by atoms with Crippen LogP contribution in [0, 0.1) is 0 Å². The number of ketones is 1. The number of alkyl halides is 3. The summed E-state index contributed by atoms with van der Waals surface area (Å²) in [6.07, 6.45) is 1.15. The average Bonchev–Trinajstić information content (AvgIpc) is 1.80. The molecule has 0 rings (SSSR count). The van der Waals surface area contributed by atoms with E-state index in [9.17, 15) is 9.59 Å². The summed E-state index contributed by atoms with van der Waals surface area (Å²) in [5.41, 5.74) is 0. The fraction of sp³-hybridized carbons (Fsp3) is 0.500. The summed E-state index contributed by atoms with van der Waals surface area (Å²) in [4.78, 5) is 22.9. The maximum Gasteiger partial charge on any atom is 0.250 e. The van der Waals surface area contributed by atoms with Gasteiger partial charge in [0, 0.05) is 0 Å². The van der Waals surface area contributed by atoms with E-state index in [1.54, 1.807) is 0 Å². The maximum atomic E-state index is 10.6. The molecule has 10 heavy (non-hydrogen) atoms. The SMILES string of the molecule is O=C=NCC(=O)C(Cl)(Cl)Cl. The molecule has 0 atom stereocenters. The lowest BCUT2D eigenvalue weighted by atomic mass is 10.4. The highest BCUT2D eigenvalue weighted by molar-refractivity contribution is 6.76. The molecule has 0 heterocycles. The molecule has 0 aromatic heterocycles. The van der Waals surface area contributed by atoms with Crippen molar-refractivity contribution in [3.05, 3.63) is 0 Å². The van der Waals surface area contributed by atoms with Crippen LogP contribution in [0.1, 0.15) is 0 Å². The molecule has 0 aliphatic heterocycles. The lowest BCUT2D eigenvalue weighted by molar-refractivity contribution is -0.116. The minimum absolute atomic E-state index is 0.444. The zero-order valence-corrected chi connectivity index (χ0v) is 6.87. The fourth-order valence-electron chi connectivity index (χ4n) is 0.194. The Hall–Kier alpha value is -0.0800. The molecule has 0 aromatic carbocycles. The monoisotopic (exact) mass is 201 g/mol. The number of halogens is 3. The van der Waals surface area contributed by atoms with Gasteiger partial charge < -0.3 is 0 Å². The number of isocyanates is 1. The van der Waals surface area contributed by atoms with Crippen molar-refractivity contribution in [2.24, 2.45) is 4.99 Å². The summed E-state index contributed by atoms with van der Waals surface area (Å²) in [5, 5.41) is 0. The van der Waals surface area contributed by atoms with Gasteiger partial charge in [-0.2, -0.15) is 4.99 Å². The van der Waals surface area contributed by atoms with Crippen LogP contribution in [-0.2, 0) is 9.59 Å². The molecule has 0 saturated carbocycles. The number of rotatable bonds is 2. The first kappa shape index (κ1) is 9.92. The Morgan fingerprint density at radius 1 is 1.50 bits per heavy atom. The van der Waals surface area contributed by atoms with Crippen molar-refractivity contribution < 1.29 is 9.59 Å². The van der Waals surface area contributed by atoms with E-state index in [0.29, 0.717) is 0 Å². The second-order valence-electron chi connectivity index (χ2n) is 1.33. The Balaban J connectivity index is 3.98. The molecule has 0 fully saturated rings. The molecule has 0 saturated heterocycles. The van der Waals surface area contributed by atoms with Gasteiger partial charge in [0.1, 0.15) is 6.54 Å². The number of carbonyl (C=O) groups excluding carboxylic acids is 2. The number of nitrogens with zero attached hydrogens (tertiary/aromatic N) is 1. The molecule has 0 N–H and O–H groups in total. The predicted octanol–water partition coefficient (Wildman–Crippen LogP) is 1.26. The Kier molecular flexibility index (Phi) is 3.91. The molecule has 0 aliphatic rings. The van der Waals surface area contributed by atoms with Crippen LogP contribution in [0.5, 0.6) is 0 Å². The molecule has 0 aromatic rings. The first-order valence-corrected chi connectivity index (χ1v) is 3.25. The number of Topliss-reactive ketones (excluding diaryl/α,β-unsaturated/α-hetero) is 1. The van der Waals surface area contributed by atoms with Gasteiger partial charge in [0.15, 0.2) is 0 Å². The van der Waals surface area contributed by atoms with Gasteiger partial charge in [-0.25, -0.2) is 4.79 Å². The summed E-state index contributed by atoms with van der Waals surface area (Å²) in [6.45, 7) is -0.444. The van der Waals surface area contributed by atoms with Crippen molar-refractivity contribution in [2.75, 3.05) is 6.54 Å². The van der Waals surface area contributed by atoms with Crippen LogP contribution in [0.4, 0.5) is 0 Å². The van der Waals surface area contributed by atoms with Crippen molar-refractivity contribution in [1.82, 2.24) is 0 Å². The van der Waals surface area contributed by atoms with Crippen molar-refractivity contribution in [1.29, 1.82) is 0 Å². The van der Waals surface area contributed by atoms with Gasteiger partial charge in [-0.15, -0.1) is 0 Å². The largest absolute Gasteiger partial charge is 0.293 e. The predicted molar refractivity (Wildman–Crippen MR) is 38.3 cm³/mol. The number of hydrogen-bond donors (Lipinski definition) is 0. The molecule has 0 radical (unpaired) electrons. The summed E-state index contributed by atoms with van der Waals surface area (Å²) >= 11 is 15.3. The first-order valence-electron chi connectivity index (χ1n) is 2.12. The lowest BCUT2D eigenvalue weighted by Gasteiger charge is -2.04. The number of aliphatic imine (C=N–C) groups is 1. The molecule has 0 unspecified atom stereocenters. The van der Waals surface area contributed by atoms with Crippen molar-refractivity contribution >= 4 is 46.7 Å². The van der Waals surface area contributed by atoms with E-state index in [1.807, 2.05) is 0 Å².